The van der Waals surface area contributed by atoms with Crippen molar-refractivity contribution in [1.82, 2.24) is 4.90 Å². The maximum absolute atomic E-state index is 13.5. The van der Waals surface area contributed by atoms with Crippen LogP contribution in [0.1, 0.15) is 60.3 Å². The number of carbonyl (C=O) groups is 2. The van der Waals surface area contributed by atoms with Crippen LogP contribution in [0, 0.1) is 0 Å². The zero-order valence-electron chi connectivity index (χ0n) is 28.5. The van der Waals surface area contributed by atoms with Crippen LogP contribution in [-0.2, 0) is 32.8 Å². The predicted molar refractivity (Wildman–Crippen MR) is 189 cm³/mol. The summed E-state index contributed by atoms with van der Waals surface area (Å²) in [6.45, 7) is 7.92. The van der Waals surface area contributed by atoms with Crippen molar-refractivity contribution < 1.29 is 37.0 Å². The number of ketones is 1. The van der Waals surface area contributed by atoms with E-state index in [9.17, 15) is 22.8 Å². The first-order chi connectivity index (χ1) is 23.5. The normalized spacial score (nSPS) is 12.9. The first-order valence-corrected chi connectivity index (χ1v) is 16.7. The molecular formula is C39H40Cl2F3NO5. The summed E-state index contributed by atoms with van der Waals surface area (Å²) in [6.07, 6.45) is -7.13. The van der Waals surface area contributed by atoms with Gasteiger partial charge in [-0.05, 0) is 106 Å². The van der Waals surface area contributed by atoms with Crippen molar-refractivity contribution in [2.24, 2.45) is 0 Å². The summed E-state index contributed by atoms with van der Waals surface area (Å²) in [5, 5.41) is 1.27. The summed E-state index contributed by atoms with van der Waals surface area (Å²) in [5.41, 5.74) is 2.09. The van der Waals surface area contributed by atoms with Crippen molar-refractivity contribution in [2.75, 3.05) is 20.2 Å². The van der Waals surface area contributed by atoms with E-state index in [-0.39, 0.29) is 18.6 Å². The molecule has 11 heteroatoms. The van der Waals surface area contributed by atoms with Gasteiger partial charge in [0, 0.05) is 23.0 Å². The molecule has 0 spiro atoms. The number of benzene rings is 4. The number of halogens is 5. The van der Waals surface area contributed by atoms with Crippen LogP contribution in [0.5, 0.6) is 5.75 Å². The molecule has 1 atom stereocenters. The molecule has 0 aliphatic rings. The second-order valence-electron chi connectivity index (χ2n) is 13.1. The van der Waals surface area contributed by atoms with Crippen LogP contribution in [0.4, 0.5) is 13.2 Å². The number of likely N-dealkylation sites (N-methyl/N-ethyl adjacent to an activating group) is 1. The number of carbonyl (C=O) groups excluding carboxylic acids is 2. The number of hydrogen-bond donors (Lipinski definition) is 0. The Hall–Kier alpha value is -3.89. The summed E-state index contributed by atoms with van der Waals surface area (Å²) in [4.78, 5) is 26.7. The summed E-state index contributed by atoms with van der Waals surface area (Å²) >= 11 is 12.3. The largest absolute Gasteiger partial charge is 0.492 e. The average molecular weight is 731 g/mol. The highest BCUT2D eigenvalue weighted by molar-refractivity contribution is 6.30. The fourth-order valence-electron chi connectivity index (χ4n) is 5.30. The molecular weight excluding hydrogens is 690 g/mol. The Balaban J connectivity index is 1.38. The molecule has 0 heterocycles. The van der Waals surface area contributed by atoms with Crippen LogP contribution >= 0.6 is 23.2 Å². The highest BCUT2D eigenvalue weighted by Gasteiger charge is 2.44. The molecule has 0 radical (unpaired) electrons. The molecule has 0 saturated carbocycles. The second kappa shape index (κ2) is 16.4. The van der Waals surface area contributed by atoms with E-state index in [4.69, 9.17) is 37.4 Å². The lowest BCUT2D eigenvalue weighted by atomic mass is 9.83. The fourth-order valence-corrected chi connectivity index (χ4v) is 5.55. The van der Waals surface area contributed by atoms with Gasteiger partial charge in [0.05, 0.1) is 17.7 Å². The molecule has 0 amide bonds. The Morgan fingerprint density at radius 3 is 1.72 bits per heavy atom. The lowest BCUT2D eigenvalue weighted by Crippen LogP contribution is -2.44. The molecule has 0 bridgehead atoms. The van der Waals surface area contributed by atoms with Crippen LogP contribution in [0.25, 0.3) is 0 Å². The third-order valence-electron chi connectivity index (χ3n) is 8.23. The van der Waals surface area contributed by atoms with Gasteiger partial charge in [-0.1, -0.05) is 71.7 Å². The molecule has 266 valence electrons. The lowest BCUT2D eigenvalue weighted by Gasteiger charge is -2.40. The quantitative estimate of drug-likeness (QED) is 0.121. The van der Waals surface area contributed by atoms with Crippen molar-refractivity contribution >= 4 is 35.0 Å². The highest BCUT2D eigenvalue weighted by atomic mass is 35.5. The van der Waals surface area contributed by atoms with Crippen LogP contribution in [0.2, 0.25) is 10.0 Å². The molecule has 0 aliphatic carbocycles. The molecule has 0 aromatic heterocycles. The molecule has 50 heavy (non-hydrogen) atoms. The summed E-state index contributed by atoms with van der Waals surface area (Å²) in [6, 6.07) is 27.9. The van der Waals surface area contributed by atoms with Crippen molar-refractivity contribution in [3.63, 3.8) is 0 Å². The summed E-state index contributed by atoms with van der Waals surface area (Å²) in [5.74, 6) is -1.98. The number of ether oxygens (including phenoxy) is 3. The first kappa shape index (κ1) is 38.9. The Morgan fingerprint density at radius 2 is 1.24 bits per heavy atom. The highest BCUT2D eigenvalue weighted by Crippen LogP contribution is 2.36. The van der Waals surface area contributed by atoms with E-state index < -0.39 is 35.2 Å². The van der Waals surface area contributed by atoms with Gasteiger partial charge < -0.3 is 14.2 Å². The van der Waals surface area contributed by atoms with Crippen LogP contribution in [0.15, 0.2) is 97.1 Å². The average Bonchev–Trinajstić information content (AvgIpc) is 3.06. The minimum absolute atomic E-state index is 0.263. The van der Waals surface area contributed by atoms with Crippen LogP contribution < -0.4 is 4.74 Å². The Labute approximate surface area is 301 Å². The number of alkyl halides is 3. The SMILES string of the molecule is CN(CCOc1ccc(CC(OCc2ccc(C(=O)OC(C)(C)C)cc2)C(=O)C(F)(F)F)cc1)C(C)(c1ccc(Cl)cc1)c1ccc(Cl)cc1. The monoisotopic (exact) mass is 729 g/mol. The second-order valence-corrected chi connectivity index (χ2v) is 13.9. The smallest absolute Gasteiger partial charge is 0.452 e. The number of hydrogen-bond acceptors (Lipinski definition) is 6. The van der Waals surface area contributed by atoms with Gasteiger partial charge in [-0.25, -0.2) is 4.79 Å². The van der Waals surface area contributed by atoms with Crippen LogP contribution in [-0.4, -0.2) is 54.7 Å². The fraction of sp³-hybridized carbons (Fsp3) is 0.333. The number of esters is 1. The van der Waals surface area contributed by atoms with E-state index in [0.29, 0.717) is 40.1 Å². The zero-order valence-corrected chi connectivity index (χ0v) is 30.0. The predicted octanol–water partition coefficient (Wildman–Crippen LogP) is 9.48. The summed E-state index contributed by atoms with van der Waals surface area (Å²) in [7, 11) is 1.99. The molecule has 0 aliphatic heterocycles. The van der Waals surface area contributed by atoms with Gasteiger partial charge in [-0.2, -0.15) is 13.2 Å². The zero-order chi connectivity index (χ0) is 36.7. The van der Waals surface area contributed by atoms with Gasteiger partial charge in [0.15, 0.2) is 0 Å². The van der Waals surface area contributed by atoms with Gasteiger partial charge in [-0.15, -0.1) is 0 Å². The first-order valence-electron chi connectivity index (χ1n) is 16.0. The Kier molecular flexibility index (Phi) is 12.8. The van der Waals surface area contributed by atoms with Gasteiger partial charge in [-0.3, -0.25) is 9.69 Å². The van der Waals surface area contributed by atoms with E-state index in [2.05, 4.69) is 11.8 Å². The van der Waals surface area contributed by atoms with Crippen molar-refractivity contribution in [1.29, 1.82) is 0 Å². The third-order valence-corrected chi connectivity index (χ3v) is 8.73. The minimum atomic E-state index is -5.08. The van der Waals surface area contributed by atoms with Gasteiger partial charge in [0.2, 0.25) is 0 Å². The maximum atomic E-state index is 13.5. The lowest BCUT2D eigenvalue weighted by molar-refractivity contribution is -0.183. The van der Waals surface area contributed by atoms with E-state index >= 15 is 0 Å². The summed E-state index contributed by atoms with van der Waals surface area (Å²) < 4.78 is 57.3. The van der Waals surface area contributed by atoms with E-state index in [1.54, 1.807) is 57.2 Å². The van der Waals surface area contributed by atoms with Crippen molar-refractivity contribution in [3.8, 4) is 5.75 Å². The van der Waals surface area contributed by atoms with E-state index in [1.807, 2.05) is 55.6 Å². The standard InChI is InChI=1S/C39H40Cl2F3NO5/c1-37(2,3)50-36(47)28-10-6-27(7-11-28)25-49-34(35(46)39(42,43)44)24-26-8-20-33(21-9-26)48-23-22-45(5)38(4,29-12-16-31(40)17-13-29)30-14-18-32(41)19-15-30/h6-21,34H,22-25H2,1-5H3. The number of rotatable bonds is 14. The minimum Gasteiger partial charge on any atom is -0.492 e. The Morgan fingerprint density at radius 1 is 0.740 bits per heavy atom. The molecule has 0 fully saturated rings. The molecule has 4 aromatic rings. The van der Waals surface area contributed by atoms with Crippen molar-refractivity contribution in [2.45, 2.75) is 64.1 Å². The van der Waals surface area contributed by atoms with Crippen molar-refractivity contribution in [3.05, 3.63) is 135 Å². The Bertz CT molecular complexity index is 1680. The number of nitrogens with zero attached hydrogens (tertiary/aromatic N) is 1. The molecule has 1 unspecified atom stereocenters. The maximum Gasteiger partial charge on any atom is 0.452 e. The molecule has 4 aromatic carbocycles. The molecule has 0 saturated heterocycles. The van der Waals surface area contributed by atoms with Gasteiger partial charge in [0.1, 0.15) is 24.1 Å². The third kappa shape index (κ3) is 10.6. The van der Waals surface area contributed by atoms with Gasteiger partial charge >= 0.3 is 12.1 Å². The van der Waals surface area contributed by atoms with E-state index in [0.717, 1.165) is 11.1 Å². The topological polar surface area (TPSA) is 65.1 Å². The molecule has 4 rings (SSSR count). The molecule has 6 nitrogen and oxygen atoms in total. The van der Waals surface area contributed by atoms with E-state index in [1.165, 1.54) is 12.1 Å². The number of Topliss-reactive ketones (excluding diaryl/α,β-unsaturated/α-hetero) is 1. The van der Waals surface area contributed by atoms with Crippen LogP contribution in [0.3, 0.4) is 0 Å². The molecule has 0 N–H and O–H groups in total. The van der Waals surface area contributed by atoms with Gasteiger partial charge in [0.25, 0.3) is 5.78 Å².